The molecular formula is C15H20F3N. The lowest BCUT2D eigenvalue weighted by Crippen LogP contribution is -2.22. The van der Waals surface area contributed by atoms with E-state index in [1.165, 1.54) is 25.3 Å². The smallest absolute Gasteiger partial charge is 0.312 e. The van der Waals surface area contributed by atoms with E-state index in [1.54, 1.807) is 12.1 Å². The lowest BCUT2D eigenvalue weighted by Gasteiger charge is -2.15. The Labute approximate surface area is 112 Å². The zero-order chi connectivity index (χ0) is 13.9. The molecule has 1 aromatic rings. The zero-order valence-electron chi connectivity index (χ0n) is 11.1. The van der Waals surface area contributed by atoms with Gasteiger partial charge in [0.15, 0.2) is 0 Å². The SMILES string of the molecule is CC1CCC(CNCc2ccccc2C(F)(F)F)C1. The molecule has 0 amide bonds. The van der Waals surface area contributed by atoms with Gasteiger partial charge in [0.05, 0.1) is 5.56 Å². The molecule has 1 aromatic carbocycles. The number of halogens is 3. The van der Waals surface area contributed by atoms with Crippen molar-refractivity contribution < 1.29 is 13.2 Å². The van der Waals surface area contributed by atoms with Crippen molar-refractivity contribution in [1.82, 2.24) is 5.32 Å². The van der Waals surface area contributed by atoms with Crippen molar-refractivity contribution in [2.75, 3.05) is 6.54 Å². The van der Waals surface area contributed by atoms with E-state index in [0.717, 1.165) is 18.5 Å². The molecule has 0 aliphatic heterocycles. The monoisotopic (exact) mass is 271 g/mol. The Hall–Kier alpha value is -1.03. The van der Waals surface area contributed by atoms with E-state index in [1.807, 2.05) is 0 Å². The van der Waals surface area contributed by atoms with E-state index < -0.39 is 11.7 Å². The summed E-state index contributed by atoms with van der Waals surface area (Å²) in [6, 6.07) is 5.79. The molecule has 1 fully saturated rings. The van der Waals surface area contributed by atoms with Crippen LogP contribution in [0.5, 0.6) is 0 Å². The molecule has 0 spiro atoms. The fraction of sp³-hybridized carbons (Fsp3) is 0.600. The van der Waals surface area contributed by atoms with Gasteiger partial charge in [0, 0.05) is 6.54 Å². The van der Waals surface area contributed by atoms with Gasteiger partial charge in [0.25, 0.3) is 0 Å². The van der Waals surface area contributed by atoms with Crippen LogP contribution in [0.15, 0.2) is 24.3 Å². The van der Waals surface area contributed by atoms with Gasteiger partial charge >= 0.3 is 6.18 Å². The third-order valence-electron chi connectivity index (χ3n) is 3.87. The van der Waals surface area contributed by atoms with Gasteiger partial charge in [0.1, 0.15) is 0 Å². The molecule has 1 saturated carbocycles. The molecule has 1 aliphatic rings. The van der Waals surface area contributed by atoms with Crippen LogP contribution in [0.2, 0.25) is 0 Å². The molecule has 1 aliphatic carbocycles. The standard InChI is InChI=1S/C15H20F3N/c1-11-6-7-12(8-11)9-19-10-13-4-2-3-5-14(13)15(16,17)18/h2-5,11-12,19H,6-10H2,1H3. The number of alkyl halides is 3. The van der Waals surface area contributed by atoms with E-state index in [0.29, 0.717) is 18.0 Å². The van der Waals surface area contributed by atoms with Crippen molar-refractivity contribution in [3.05, 3.63) is 35.4 Å². The molecule has 2 rings (SSSR count). The zero-order valence-corrected chi connectivity index (χ0v) is 11.1. The minimum absolute atomic E-state index is 0.292. The van der Waals surface area contributed by atoms with Crippen molar-refractivity contribution in [3.8, 4) is 0 Å². The highest BCUT2D eigenvalue weighted by molar-refractivity contribution is 5.29. The summed E-state index contributed by atoms with van der Waals surface area (Å²) in [6.45, 7) is 3.34. The molecule has 0 aromatic heterocycles. The lowest BCUT2D eigenvalue weighted by atomic mass is 10.0. The molecule has 2 atom stereocenters. The largest absolute Gasteiger partial charge is 0.416 e. The van der Waals surface area contributed by atoms with Crippen LogP contribution in [0.3, 0.4) is 0 Å². The van der Waals surface area contributed by atoms with Crippen molar-refractivity contribution in [1.29, 1.82) is 0 Å². The topological polar surface area (TPSA) is 12.0 Å². The van der Waals surface area contributed by atoms with Crippen molar-refractivity contribution in [2.45, 2.75) is 38.9 Å². The molecule has 0 radical (unpaired) electrons. The van der Waals surface area contributed by atoms with Crippen LogP contribution in [0.1, 0.15) is 37.3 Å². The van der Waals surface area contributed by atoms with Crippen LogP contribution in [0, 0.1) is 11.8 Å². The second-order valence-corrected chi connectivity index (χ2v) is 5.57. The fourth-order valence-electron chi connectivity index (χ4n) is 2.87. The normalized spacial score (nSPS) is 23.8. The predicted octanol–water partition coefficient (Wildman–Crippen LogP) is 4.23. The minimum atomic E-state index is -4.26. The third-order valence-corrected chi connectivity index (χ3v) is 3.87. The molecule has 106 valence electrons. The first-order valence-electron chi connectivity index (χ1n) is 6.82. The van der Waals surface area contributed by atoms with Gasteiger partial charge < -0.3 is 5.32 Å². The Bertz CT molecular complexity index is 414. The van der Waals surface area contributed by atoms with Gasteiger partial charge in [-0.15, -0.1) is 0 Å². The van der Waals surface area contributed by atoms with Crippen molar-refractivity contribution in [3.63, 3.8) is 0 Å². The first kappa shape index (κ1) is 14.4. The summed E-state index contributed by atoms with van der Waals surface area (Å²) in [6.07, 6.45) is -0.644. The fourth-order valence-corrected chi connectivity index (χ4v) is 2.87. The van der Waals surface area contributed by atoms with E-state index in [9.17, 15) is 13.2 Å². The Morgan fingerprint density at radius 2 is 1.95 bits per heavy atom. The highest BCUT2D eigenvalue weighted by Crippen LogP contribution is 2.32. The van der Waals surface area contributed by atoms with E-state index in [-0.39, 0.29) is 0 Å². The molecule has 0 saturated heterocycles. The molecule has 1 N–H and O–H groups in total. The van der Waals surface area contributed by atoms with E-state index >= 15 is 0 Å². The molecule has 0 heterocycles. The summed E-state index contributed by atoms with van der Waals surface area (Å²) in [4.78, 5) is 0. The first-order valence-corrected chi connectivity index (χ1v) is 6.82. The van der Waals surface area contributed by atoms with Crippen LogP contribution in [-0.2, 0) is 12.7 Å². The van der Waals surface area contributed by atoms with Crippen molar-refractivity contribution in [2.24, 2.45) is 11.8 Å². The summed E-state index contributed by atoms with van der Waals surface area (Å²) in [5, 5.41) is 3.18. The second kappa shape index (κ2) is 5.95. The summed E-state index contributed by atoms with van der Waals surface area (Å²) in [5.41, 5.74) is -0.191. The van der Waals surface area contributed by atoms with Gasteiger partial charge in [-0.05, 0) is 42.9 Å². The second-order valence-electron chi connectivity index (χ2n) is 5.57. The molecule has 19 heavy (non-hydrogen) atoms. The third kappa shape index (κ3) is 3.96. The summed E-state index contributed by atoms with van der Waals surface area (Å²) < 4.78 is 38.4. The summed E-state index contributed by atoms with van der Waals surface area (Å²) in [7, 11) is 0. The van der Waals surface area contributed by atoms with Gasteiger partial charge in [-0.3, -0.25) is 0 Å². The van der Waals surface area contributed by atoms with E-state index in [4.69, 9.17) is 0 Å². The van der Waals surface area contributed by atoms with Gasteiger partial charge in [0.2, 0.25) is 0 Å². The van der Waals surface area contributed by atoms with Crippen LogP contribution in [-0.4, -0.2) is 6.54 Å². The number of rotatable bonds is 4. The van der Waals surface area contributed by atoms with E-state index in [2.05, 4.69) is 12.2 Å². The molecular weight excluding hydrogens is 251 g/mol. The molecule has 1 nitrogen and oxygen atoms in total. The van der Waals surface area contributed by atoms with Crippen LogP contribution >= 0.6 is 0 Å². The Balaban J connectivity index is 1.89. The number of hydrogen-bond acceptors (Lipinski definition) is 1. The average molecular weight is 271 g/mol. The molecule has 2 unspecified atom stereocenters. The Morgan fingerprint density at radius 3 is 2.58 bits per heavy atom. The molecule has 4 heteroatoms. The lowest BCUT2D eigenvalue weighted by molar-refractivity contribution is -0.138. The maximum atomic E-state index is 12.8. The van der Waals surface area contributed by atoms with Gasteiger partial charge in [-0.1, -0.05) is 31.5 Å². The average Bonchev–Trinajstić information content (AvgIpc) is 2.74. The van der Waals surface area contributed by atoms with Crippen LogP contribution in [0.4, 0.5) is 13.2 Å². The summed E-state index contributed by atoms with van der Waals surface area (Å²) >= 11 is 0. The minimum Gasteiger partial charge on any atom is -0.312 e. The van der Waals surface area contributed by atoms with Gasteiger partial charge in [-0.2, -0.15) is 13.2 Å². The Kier molecular flexibility index (Phi) is 4.50. The van der Waals surface area contributed by atoms with Crippen LogP contribution < -0.4 is 5.32 Å². The number of hydrogen-bond donors (Lipinski definition) is 1. The quantitative estimate of drug-likeness (QED) is 0.864. The maximum absolute atomic E-state index is 12.8. The van der Waals surface area contributed by atoms with Crippen LogP contribution in [0.25, 0.3) is 0 Å². The first-order chi connectivity index (χ1) is 8.97. The number of nitrogens with one attached hydrogen (secondary N) is 1. The van der Waals surface area contributed by atoms with Crippen molar-refractivity contribution >= 4 is 0 Å². The highest BCUT2D eigenvalue weighted by Gasteiger charge is 2.32. The maximum Gasteiger partial charge on any atom is 0.416 e. The predicted molar refractivity (Wildman–Crippen MR) is 69.7 cm³/mol. The molecule has 0 bridgehead atoms. The number of benzene rings is 1. The van der Waals surface area contributed by atoms with Gasteiger partial charge in [-0.25, -0.2) is 0 Å². The Morgan fingerprint density at radius 1 is 1.21 bits per heavy atom. The summed E-state index contributed by atoms with van der Waals surface area (Å²) in [5.74, 6) is 1.38. The highest BCUT2D eigenvalue weighted by atomic mass is 19.4.